The van der Waals surface area contributed by atoms with Crippen molar-refractivity contribution in [2.24, 2.45) is 0 Å². The van der Waals surface area contributed by atoms with E-state index in [2.05, 4.69) is 25.8 Å². The molecule has 5 nitrogen and oxygen atoms in total. The largest absolute Gasteiger partial charge is 0.339 e. The zero-order valence-electron chi connectivity index (χ0n) is 11.9. The van der Waals surface area contributed by atoms with Gasteiger partial charge in [0.15, 0.2) is 5.82 Å². The average Bonchev–Trinajstić information content (AvgIpc) is 2.50. The minimum Gasteiger partial charge on any atom is -0.339 e. The molecule has 0 saturated carbocycles. The first kappa shape index (κ1) is 13.9. The van der Waals surface area contributed by atoms with Crippen molar-refractivity contribution in [1.29, 1.82) is 0 Å². The van der Waals surface area contributed by atoms with Gasteiger partial charge < -0.3 is 10.6 Å². The number of para-hydroxylation sites is 1. The van der Waals surface area contributed by atoms with E-state index >= 15 is 0 Å². The minimum absolute atomic E-state index is 0.315. The van der Waals surface area contributed by atoms with Crippen molar-refractivity contribution in [3.63, 3.8) is 0 Å². The summed E-state index contributed by atoms with van der Waals surface area (Å²) in [5.74, 6) is 0.540. The minimum atomic E-state index is -0.315. The fourth-order valence-corrected chi connectivity index (χ4v) is 1.96. The van der Waals surface area contributed by atoms with Crippen LogP contribution in [0.2, 0.25) is 0 Å². The molecular weight excluding hydrogens is 281 g/mol. The normalized spacial score (nSPS) is 10.3. The molecule has 22 heavy (non-hydrogen) atoms. The van der Waals surface area contributed by atoms with Gasteiger partial charge >= 0.3 is 0 Å². The molecule has 3 aromatic rings. The fraction of sp³-hybridized carbons (Fsp3) is 0.0625. The average molecular weight is 295 g/mol. The highest BCUT2D eigenvalue weighted by molar-refractivity contribution is 5.60. The molecule has 2 N–H and O–H groups in total. The van der Waals surface area contributed by atoms with Gasteiger partial charge in [-0.3, -0.25) is 0 Å². The van der Waals surface area contributed by atoms with E-state index in [1.807, 2.05) is 31.2 Å². The Hall–Kier alpha value is -3.02. The lowest BCUT2D eigenvalue weighted by Crippen LogP contribution is -2.03. The maximum Gasteiger partial charge on any atom is 0.249 e. The van der Waals surface area contributed by atoms with Gasteiger partial charge in [-0.25, -0.2) is 4.39 Å². The Labute approximate surface area is 127 Å². The molecule has 0 spiro atoms. The number of halogens is 1. The number of hydrogen-bond donors (Lipinski definition) is 2. The number of aromatic nitrogens is 3. The van der Waals surface area contributed by atoms with Crippen molar-refractivity contribution in [3.8, 4) is 0 Å². The van der Waals surface area contributed by atoms with Crippen LogP contribution in [-0.2, 0) is 0 Å². The molecule has 6 heteroatoms. The van der Waals surface area contributed by atoms with Crippen LogP contribution in [0, 0.1) is 12.7 Å². The van der Waals surface area contributed by atoms with E-state index in [1.165, 1.54) is 18.3 Å². The van der Waals surface area contributed by atoms with Crippen molar-refractivity contribution in [3.05, 3.63) is 66.1 Å². The Kier molecular flexibility index (Phi) is 3.91. The maximum absolute atomic E-state index is 13.2. The van der Waals surface area contributed by atoms with E-state index in [1.54, 1.807) is 12.1 Å². The van der Waals surface area contributed by atoms with E-state index in [-0.39, 0.29) is 5.82 Å². The lowest BCUT2D eigenvalue weighted by atomic mass is 10.2. The van der Waals surface area contributed by atoms with Crippen molar-refractivity contribution < 1.29 is 4.39 Å². The highest BCUT2D eigenvalue weighted by Gasteiger charge is 2.04. The van der Waals surface area contributed by atoms with Gasteiger partial charge in [0.05, 0.1) is 6.20 Å². The lowest BCUT2D eigenvalue weighted by molar-refractivity contribution is 0.628. The van der Waals surface area contributed by atoms with Crippen LogP contribution < -0.4 is 10.6 Å². The van der Waals surface area contributed by atoms with E-state index in [4.69, 9.17) is 0 Å². The van der Waals surface area contributed by atoms with Crippen LogP contribution in [0.5, 0.6) is 0 Å². The van der Waals surface area contributed by atoms with Crippen LogP contribution in [0.3, 0.4) is 0 Å². The molecule has 1 aromatic heterocycles. The third-order valence-electron chi connectivity index (χ3n) is 3.05. The van der Waals surface area contributed by atoms with E-state index < -0.39 is 0 Å². The van der Waals surface area contributed by atoms with Gasteiger partial charge in [-0.05, 0) is 36.8 Å². The molecule has 110 valence electrons. The second kappa shape index (κ2) is 6.17. The highest BCUT2D eigenvalue weighted by atomic mass is 19.1. The molecule has 0 aliphatic rings. The first-order valence-corrected chi connectivity index (χ1v) is 6.76. The molecule has 2 aromatic carbocycles. The first-order valence-electron chi connectivity index (χ1n) is 6.76. The number of hydrogen-bond acceptors (Lipinski definition) is 5. The molecule has 0 aliphatic heterocycles. The third-order valence-corrected chi connectivity index (χ3v) is 3.05. The number of anilines is 4. The van der Waals surface area contributed by atoms with Gasteiger partial charge in [0.2, 0.25) is 5.95 Å². The zero-order chi connectivity index (χ0) is 15.4. The van der Waals surface area contributed by atoms with Crippen molar-refractivity contribution in [2.45, 2.75) is 6.92 Å². The van der Waals surface area contributed by atoms with Crippen LogP contribution in [0.1, 0.15) is 5.56 Å². The van der Waals surface area contributed by atoms with Crippen molar-refractivity contribution >= 4 is 23.1 Å². The Morgan fingerprint density at radius 3 is 2.68 bits per heavy atom. The highest BCUT2D eigenvalue weighted by Crippen LogP contribution is 2.19. The lowest BCUT2D eigenvalue weighted by Gasteiger charge is -2.09. The number of rotatable bonds is 4. The summed E-state index contributed by atoms with van der Waals surface area (Å²) in [6.45, 7) is 1.99. The predicted octanol–water partition coefficient (Wildman–Crippen LogP) is 3.81. The standard InChI is InChI=1S/C16H14FN5/c1-11-5-2-3-8-14(11)20-16-21-15(10-18-22-16)19-13-7-4-6-12(17)9-13/h2-10H,1H3,(H2,19,20,21,22). The van der Waals surface area contributed by atoms with Crippen LogP contribution >= 0.6 is 0 Å². The van der Waals surface area contributed by atoms with Gasteiger partial charge in [0.1, 0.15) is 5.82 Å². The molecule has 1 heterocycles. The summed E-state index contributed by atoms with van der Waals surface area (Å²) in [5, 5.41) is 13.9. The zero-order valence-corrected chi connectivity index (χ0v) is 11.9. The summed E-state index contributed by atoms with van der Waals surface area (Å²) in [6, 6.07) is 14.0. The Bertz CT molecular complexity index is 791. The quantitative estimate of drug-likeness (QED) is 0.766. The Morgan fingerprint density at radius 1 is 1.00 bits per heavy atom. The van der Waals surface area contributed by atoms with Crippen LogP contribution in [-0.4, -0.2) is 15.2 Å². The van der Waals surface area contributed by atoms with Crippen molar-refractivity contribution in [1.82, 2.24) is 15.2 Å². The molecular formula is C16H14FN5. The molecule has 3 rings (SSSR count). The van der Waals surface area contributed by atoms with Gasteiger partial charge in [-0.2, -0.15) is 10.1 Å². The smallest absolute Gasteiger partial charge is 0.249 e. The molecule has 0 saturated heterocycles. The second-order valence-corrected chi connectivity index (χ2v) is 4.74. The van der Waals surface area contributed by atoms with Crippen LogP contribution in [0.15, 0.2) is 54.7 Å². The summed E-state index contributed by atoms with van der Waals surface area (Å²) in [5.41, 5.74) is 2.59. The van der Waals surface area contributed by atoms with Gasteiger partial charge in [-0.1, -0.05) is 24.3 Å². The van der Waals surface area contributed by atoms with E-state index in [0.717, 1.165) is 11.3 Å². The van der Waals surface area contributed by atoms with E-state index in [0.29, 0.717) is 17.5 Å². The maximum atomic E-state index is 13.2. The summed E-state index contributed by atoms with van der Waals surface area (Å²) in [6.07, 6.45) is 1.48. The Balaban J connectivity index is 1.79. The second-order valence-electron chi connectivity index (χ2n) is 4.74. The first-order chi connectivity index (χ1) is 10.7. The SMILES string of the molecule is Cc1ccccc1Nc1nncc(Nc2cccc(F)c2)n1. The van der Waals surface area contributed by atoms with Gasteiger partial charge in [-0.15, -0.1) is 5.10 Å². The Morgan fingerprint density at radius 2 is 1.86 bits per heavy atom. The number of benzene rings is 2. The van der Waals surface area contributed by atoms with Crippen molar-refractivity contribution in [2.75, 3.05) is 10.6 Å². The number of aryl methyl sites for hydroxylation is 1. The molecule has 0 aliphatic carbocycles. The summed E-state index contributed by atoms with van der Waals surface area (Å²) in [4.78, 5) is 4.32. The molecule has 0 radical (unpaired) electrons. The molecule has 0 unspecified atom stereocenters. The fourth-order valence-electron chi connectivity index (χ4n) is 1.96. The molecule has 0 atom stereocenters. The monoisotopic (exact) mass is 295 g/mol. The number of nitrogens with zero attached hydrogens (tertiary/aromatic N) is 3. The van der Waals surface area contributed by atoms with Gasteiger partial charge in [0, 0.05) is 11.4 Å². The van der Waals surface area contributed by atoms with E-state index in [9.17, 15) is 4.39 Å². The number of nitrogens with one attached hydrogen (secondary N) is 2. The predicted molar refractivity (Wildman–Crippen MR) is 84.0 cm³/mol. The van der Waals surface area contributed by atoms with Crippen LogP contribution in [0.4, 0.5) is 27.5 Å². The summed E-state index contributed by atoms with van der Waals surface area (Å²) < 4.78 is 13.2. The van der Waals surface area contributed by atoms with Gasteiger partial charge in [0.25, 0.3) is 0 Å². The molecule has 0 fully saturated rings. The summed E-state index contributed by atoms with van der Waals surface area (Å²) >= 11 is 0. The topological polar surface area (TPSA) is 62.7 Å². The molecule has 0 amide bonds. The van der Waals surface area contributed by atoms with Crippen LogP contribution in [0.25, 0.3) is 0 Å². The third kappa shape index (κ3) is 3.35. The summed E-state index contributed by atoms with van der Waals surface area (Å²) in [7, 11) is 0. The molecule has 0 bridgehead atoms.